The van der Waals surface area contributed by atoms with Crippen LogP contribution in [0.1, 0.15) is 31.1 Å². The maximum Gasteiger partial charge on any atom is 0.414 e. The molecule has 0 aromatic heterocycles. The van der Waals surface area contributed by atoms with Gasteiger partial charge in [0.05, 0.1) is 0 Å². The highest BCUT2D eigenvalue weighted by Crippen LogP contribution is 2.21. The Morgan fingerprint density at radius 2 is 1.31 bits per heavy atom. The van der Waals surface area contributed by atoms with E-state index in [2.05, 4.69) is 0 Å². The van der Waals surface area contributed by atoms with Crippen LogP contribution in [0.3, 0.4) is 0 Å². The lowest BCUT2D eigenvalue weighted by molar-refractivity contribution is 0.0589. The van der Waals surface area contributed by atoms with Crippen LogP contribution in [0.2, 0.25) is 5.02 Å². The third-order valence-electron chi connectivity index (χ3n) is 3.69. The maximum absolute atomic E-state index is 12.6. The first-order chi connectivity index (χ1) is 12.1. The van der Waals surface area contributed by atoms with Crippen LogP contribution in [0.25, 0.3) is 0 Å². The summed E-state index contributed by atoms with van der Waals surface area (Å²) in [6.45, 7) is 5.44. The number of anilines is 2. The molecule has 2 aromatic rings. The van der Waals surface area contributed by atoms with Crippen molar-refractivity contribution in [2.45, 2.75) is 26.4 Å². The summed E-state index contributed by atoms with van der Waals surface area (Å²) in [6, 6.07) is 13.8. The number of benzene rings is 2. The molecule has 5 nitrogen and oxygen atoms in total. The normalized spacial score (nSPS) is 11.0. The topological polar surface area (TPSA) is 49.9 Å². The first-order valence-corrected chi connectivity index (χ1v) is 8.57. The lowest BCUT2D eigenvalue weighted by atomic mass is 10.1. The van der Waals surface area contributed by atoms with Crippen molar-refractivity contribution in [3.63, 3.8) is 0 Å². The van der Waals surface area contributed by atoms with Crippen molar-refractivity contribution in [1.82, 2.24) is 0 Å². The van der Waals surface area contributed by atoms with E-state index in [1.165, 1.54) is 4.90 Å². The molecule has 2 aromatic carbocycles. The molecule has 6 heteroatoms. The Bertz CT molecular complexity index is 780. The lowest BCUT2D eigenvalue weighted by Gasteiger charge is -2.25. The Kier molecular flexibility index (Phi) is 5.93. The van der Waals surface area contributed by atoms with Gasteiger partial charge in [0.15, 0.2) is 0 Å². The molecule has 0 aliphatic rings. The van der Waals surface area contributed by atoms with Gasteiger partial charge < -0.3 is 9.64 Å². The standard InChI is InChI=1S/C20H23ClN2O3/c1-20(2,3)26-19(25)23(5)17-10-6-14(7-11-17)18(24)22(4)16-12-8-15(21)9-13-16/h6-13H,1-5H3. The second-order valence-corrected chi connectivity index (χ2v) is 7.36. The molecule has 0 saturated heterocycles. The van der Waals surface area contributed by atoms with Crippen LogP contribution in [-0.2, 0) is 4.74 Å². The summed E-state index contributed by atoms with van der Waals surface area (Å²) in [5.74, 6) is -0.154. The first kappa shape index (κ1) is 19.8. The van der Waals surface area contributed by atoms with Gasteiger partial charge in [0.1, 0.15) is 5.60 Å². The third kappa shape index (κ3) is 4.99. The van der Waals surface area contributed by atoms with Crippen LogP contribution in [0.15, 0.2) is 48.5 Å². The molecule has 26 heavy (non-hydrogen) atoms. The molecule has 0 aliphatic carbocycles. The summed E-state index contributed by atoms with van der Waals surface area (Å²) in [6.07, 6.45) is -0.449. The van der Waals surface area contributed by atoms with Crippen LogP contribution in [0, 0.1) is 0 Å². The van der Waals surface area contributed by atoms with Crippen molar-refractivity contribution < 1.29 is 14.3 Å². The molecule has 2 rings (SSSR count). The zero-order valence-corrected chi connectivity index (χ0v) is 16.4. The number of hydrogen-bond acceptors (Lipinski definition) is 3. The molecule has 0 radical (unpaired) electrons. The predicted octanol–water partition coefficient (Wildman–Crippen LogP) is 4.99. The van der Waals surface area contributed by atoms with Crippen LogP contribution in [0.5, 0.6) is 0 Å². The third-order valence-corrected chi connectivity index (χ3v) is 3.94. The van der Waals surface area contributed by atoms with Gasteiger partial charge in [-0.1, -0.05) is 11.6 Å². The van der Waals surface area contributed by atoms with Gasteiger partial charge in [0.2, 0.25) is 0 Å². The fraction of sp³-hybridized carbons (Fsp3) is 0.300. The number of carbonyl (C=O) groups is 2. The van der Waals surface area contributed by atoms with E-state index < -0.39 is 11.7 Å². The van der Waals surface area contributed by atoms with E-state index in [0.717, 1.165) is 5.69 Å². The molecule has 0 spiro atoms. The Balaban J connectivity index is 2.12. The molecule has 0 atom stereocenters. The van der Waals surface area contributed by atoms with E-state index in [4.69, 9.17) is 16.3 Å². The number of carbonyl (C=O) groups excluding carboxylic acids is 2. The molecule has 0 fully saturated rings. The van der Waals surface area contributed by atoms with Gasteiger partial charge in [0, 0.05) is 36.1 Å². The van der Waals surface area contributed by atoms with E-state index >= 15 is 0 Å². The fourth-order valence-electron chi connectivity index (χ4n) is 2.24. The van der Waals surface area contributed by atoms with Crippen molar-refractivity contribution in [2.24, 2.45) is 0 Å². The Morgan fingerprint density at radius 1 is 0.846 bits per heavy atom. The van der Waals surface area contributed by atoms with Crippen molar-refractivity contribution in [2.75, 3.05) is 23.9 Å². The predicted molar refractivity (Wildman–Crippen MR) is 105 cm³/mol. The largest absolute Gasteiger partial charge is 0.443 e. The van der Waals surface area contributed by atoms with Gasteiger partial charge in [-0.3, -0.25) is 9.69 Å². The zero-order valence-electron chi connectivity index (χ0n) is 15.6. The first-order valence-electron chi connectivity index (χ1n) is 8.19. The average molecular weight is 375 g/mol. The van der Waals surface area contributed by atoms with Gasteiger partial charge in [-0.25, -0.2) is 4.79 Å². The van der Waals surface area contributed by atoms with Crippen LogP contribution in [-0.4, -0.2) is 31.7 Å². The lowest BCUT2D eigenvalue weighted by Crippen LogP contribution is -2.34. The van der Waals surface area contributed by atoms with Crippen molar-refractivity contribution in [1.29, 1.82) is 0 Å². The van der Waals surface area contributed by atoms with Gasteiger partial charge >= 0.3 is 6.09 Å². The molecule has 0 aliphatic heterocycles. The number of rotatable bonds is 3. The molecule has 0 unspecified atom stereocenters. The summed E-state index contributed by atoms with van der Waals surface area (Å²) in [7, 11) is 3.33. The monoisotopic (exact) mass is 374 g/mol. The van der Waals surface area contributed by atoms with Crippen LogP contribution >= 0.6 is 11.6 Å². The van der Waals surface area contributed by atoms with E-state index in [-0.39, 0.29) is 5.91 Å². The second-order valence-electron chi connectivity index (χ2n) is 6.93. The van der Waals surface area contributed by atoms with Gasteiger partial charge in [-0.2, -0.15) is 0 Å². The summed E-state index contributed by atoms with van der Waals surface area (Å²) in [5.41, 5.74) is 1.34. The maximum atomic E-state index is 12.6. The van der Waals surface area contributed by atoms with Gasteiger partial charge in [-0.15, -0.1) is 0 Å². The summed E-state index contributed by atoms with van der Waals surface area (Å²) >= 11 is 5.88. The average Bonchev–Trinajstić information content (AvgIpc) is 2.59. The summed E-state index contributed by atoms with van der Waals surface area (Å²) in [4.78, 5) is 27.7. The molecule has 0 bridgehead atoms. The molecule has 0 heterocycles. The van der Waals surface area contributed by atoms with Crippen LogP contribution in [0.4, 0.5) is 16.2 Å². The molecule has 0 N–H and O–H groups in total. The quantitative estimate of drug-likeness (QED) is 0.760. The number of amides is 2. The Labute approximate surface area is 159 Å². The molecule has 138 valence electrons. The zero-order chi connectivity index (χ0) is 19.5. The Hall–Kier alpha value is -2.53. The number of nitrogens with zero attached hydrogens (tertiary/aromatic N) is 2. The Morgan fingerprint density at radius 3 is 1.81 bits per heavy atom. The van der Waals surface area contributed by atoms with Crippen molar-refractivity contribution in [3.05, 3.63) is 59.1 Å². The highest BCUT2D eigenvalue weighted by Gasteiger charge is 2.21. The van der Waals surface area contributed by atoms with E-state index in [9.17, 15) is 9.59 Å². The number of halogens is 1. The van der Waals surface area contributed by atoms with Gasteiger partial charge in [-0.05, 0) is 69.3 Å². The van der Waals surface area contributed by atoms with Crippen molar-refractivity contribution in [3.8, 4) is 0 Å². The molecule has 0 saturated carbocycles. The molecule has 2 amide bonds. The minimum absolute atomic E-state index is 0.154. The van der Waals surface area contributed by atoms with E-state index in [1.54, 1.807) is 67.5 Å². The number of ether oxygens (including phenoxy) is 1. The minimum atomic E-state index is -0.567. The summed E-state index contributed by atoms with van der Waals surface area (Å²) < 4.78 is 5.34. The van der Waals surface area contributed by atoms with Crippen LogP contribution < -0.4 is 9.80 Å². The smallest absolute Gasteiger partial charge is 0.414 e. The van der Waals surface area contributed by atoms with E-state index in [0.29, 0.717) is 16.3 Å². The minimum Gasteiger partial charge on any atom is -0.443 e. The SMILES string of the molecule is CN(C(=O)OC(C)(C)C)c1ccc(C(=O)N(C)c2ccc(Cl)cc2)cc1. The fourth-order valence-corrected chi connectivity index (χ4v) is 2.37. The highest BCUT2D eigenvalue weighted by atomic mass is 35.5. The number of hydrogen-bond donors (Lipinski definition) is 0. The van der Waals surface area contributed by atoms with Gasteiger partial charge in [0.25, 0.3) is 5.91 Å². The van der Waals surface area contributed by atoms with E-state index in [1.807, 2.05) is 20.8 Å². The van der Waals surface area contributed by atoms with Crippen molar-refractivity contribution >= 4 is 35.0 Å². The second kappa shape index (κ2) is 7.79. The molecular weight excluding hydrogens is 352 g/mol. The summed E-state index contributed by atoms with van der Waals surface area (Å²) in [5, 5.41) is 0.615. The highest BCUT2D eigenvalue weighted by molar-refractivity contribution is 6.30. The molecular formula is C20H23ClN2O3.